The lowest BCUT2D eigenvalue weighted by molar-refractivity contribution is 1.10. The van der Waals surface area contributed by atoms with E-state index in [2.05, 4.69) is 16.3 Å². The molecule has 0 aliphatic heterocycles. The van der Waals surface area contributed by atoms with Crippen molar-refractivity contribution in [2.75, 3.05) is 5.73 Å². The molecule has 1 aromatic carbocycles. The van der Waals surface area contributed by atoms with E-state index in [0.717, 1.165) is 26.4 Å². The summed E-state index contributed by atoms with van der Waals surface area (Å²) in [4.78, 5) is 1.16. The fourth-order valence-electron chi connectivity index (χ4n) is 1.61. The van der Waals surface area contributed by atoms with Crippen LogP contribution in [0.25, 0.3) is 11.3 Å². The zero-order valence-corrected chi connectivity index (χ0v) is 10.7. The van der Waals surface area contributed by atoms with E-state index < -0.39 is 0 Å². The van der Waals surface area contributed by atoms with Crippen molar-refractivity contribution in [2.45, 2.75) is 23.0 Å². The van der Waals surface area contributed by atoms with Crippen LogP contribution < -0.4 is 5.73 Å². The largest absolute Gasteiger partial charge is 0.382 e. The zero-order valence-electron chi connectivity index (χ0n) is 9.11. The molecule has 1 heterocycles. The van der Waals surface area contributed by atoms with Crippen molar-refractivity contribution in [3.8, 4) is 11.3 Å². The lowest BCUT2D eigenvalue weighted by Gasteiger charge is -2.04. The van der Waals surface area contributed by atoms with Crippen molar-refractivity contribution >= 4 is 29.2 Å². The van der Waals surface area contributed by atoms with Gasteiger partial charge in [0.1, 0.15) is 5.82 Å². The Bertz CT molecular complexity index is 548. The molecule has 0 atom stereocenters. The number of nitrogens with one attached hydrogen (secondary N) is 1. The van der Waals surface area contributed by atoms with Crippen molar-refractivity contribution in [1.82, 2.24) is 10.2 Å². The van der Waals surface area contributed by atoms with Gasteiger partial charge >= 0.3 is 0 Å². The molecule has 1 saturated carbocycles. The number of nitrogen functional groups attached to an aromatic ring is 1. The number of hydrogen-bond acceptors (Lipinski definition) is 3. The summed E-state index contributed by atoms with van der Waals surface area (Å²) in [6.07, 6.45) is 2.61. The van der Waals surface area contributed by atoms with Gasteiger partial charge in [-0.05, 0) is 25.0 Å². The maximum absolute atomic E-state index is 6.27. The number of hydrogen-bond donors (Lipinski definition) is 2. The Kier molecular flexibility index (Phi) is 2.76. The minimum atomic E-state index is 0.493. The summed E-state index contributed by atoms with van der Waals surface area (Å²) >= 11 is 8.13. The minimum absolute atomic E-state index is 0.493. The molecular formula is C12H12ClN3S. The lowest BCUT2D eigenvalue weighted by atomic mass is 10.1. The molecule has 5 heteroatoms. The number of halogens is 1. The van der Waals surface area contributed by atoms with E-state index in [1.807, 2.05) is 23.9 Å². The topological polar surface area (TPSA) is 54.7 Å². The summed E-state index contributed by atoms with van der Waals surface area (Å²) in [6.45, 7) is 0. The van der Waals surface area contributed by atoms with Crippen LogP contribution in [0, 0.1) is 0 Å². The fraction of sp³-hybridized carbons (Fsp3) is 0.250. The maximum Gasteiger partial charge on any atom is 0.145 e. The first-order valence-electron chi connectivity index (χ1n) is 5.50. The van der Waals surface area contributed by atoms with Crippen LogP contribution in [-0.2, 0) is 0 Å². The highest BCUT2D eigenvalue weighted by molar-refractivity contribution is 8.00. The summed E-state index contributed by atoms with van der Waals surface area (Å²) in [5.41, 5.74) is 7.49. The molecule has 3 rings (SSSR count). The van der Waals surface area contributed by atoms with Crippen LogP contribution in [0.15, 0.2) is 29.2 Å². The number of nitrogens with two attached hydrogens (primary N) is 1. The zero-order chi connectivity index (χ0) is 11.8. The second kappa shape index (κ2) is 4.27. The SMILES string of the molecule is Nc1cc(-c2ccc(SC3CC3)c(Cl)c2)[nH]n1. The molecule has 1 aliphatic carbocycles. The monoisotopic (exact) mass is 265 g/mol. The van der Waals surface area contributed by atoms with Gasteiger partial charge in [-0.25, -0.2) is 0 Å². The second-order valence-electron chi connectivity index (χ2n) is 4.17. The van der Waals surface area contributed by atoms with Gasteiger partial charge in [0, 0.05) is 21.8 Å². The first kappa shape index (κ1) is 11.0. The fourth-order valence-corrected chi connectivity index (χ4v) is 2.98. The number of thioether (sulfide) groups is 1. The Labute approximate surface area is 109 Å². The van der Waals surface area contributed by atoms with E-state index in [1.165, 1.54) is 12.8 Å². The molecule has 3 nitrogen and oxygen atoms in total. The molecule has 0 spiro atoms. The first-order chi connectivity index (χ1) is 8.22. The Hall–Kier alpha value is -1.13. The molecule has 0 amide bonds. The van der Waals surface area contributed by atoms with Gasteiger partial charge < -0.3 is 5.73 Å². The Morgan fingerprint density at radius 3 is 2.76 bits per heavy atom. The molecule has 0 unspecified atom stereocenters. The van der Waals surface area contributed by atoms with E-state index in [4.69, 9.17) is 17.3 Å². The van der Waals surface area contributed by atoms with E-state index >= 15 is 0 Å². The van der Waals surface area contributed by atoms with Gasteiger partial charge in [-0.15, -0.1) is 11.8 Å². The van der Waals surface area contributed by atoms with Gasteiger partial charge in [0.05, 0.1) is 10.7 Å². The number of rotatable bonds is 3. The van der Waals surface area contributed by atoms with Crippen LogP contribution in [0.5, 0.6) is 0 Å². The van der Waals surface area contributed by atoms with Gasteiger partial charge in [0.2, 0.25) is 0 Å². The molecule has 1 fully saturated rings. The summed E-state index contributed by atoms with van der Waals surface area (Å²) in [7, 11) is 0. The number of anilines is 1. The lowest BCUT2D eigenvalue weighted by Crippen LogP contribution is -1.82. The van der Waals surface area contributed by atoms with Crippen LogP contribution in [0.3, 0.4) is 0 Å². The molecule has 1 aromatic heterocycles. The molecule has 1 aliphatic rings. The molecular weight excluding hydrogens is 254 g/mol. The van der Waals surface area contributed by atoms with E-state index in [9.17, 15) is 0 Å². The highest BCUT2D eigenvalue weighted by Gasteiger charge is 2.23. The third-order valence-corrected chi connectivity index (χ3v) is 4.50. The Morgan fingerprint density at radius 1 is 1.35 bits per heavy atom. The summed E-state index contributed by atoms with van der Waals surface area (Å²) in [6, 6.07) is 7.87. The quantitative estimate of drug-likeness (QED) is 0.892. The molecule has 0 saturated heterocycles. The van der Waals surface area contributed by atoms with Crippen LogP contribution in [0.2, 0.25) is 5.02 Å². The van der Waals surface area contributed by atoms with Crippen LogP contribution in [-0.4, -0.2) is 15.4 Å². The number of H-pyrrole nitrogens is 1. The average Bonchev–Trinajstić information content (AvgIpc) is 3.02. The highest BCUT2D eigenvalue weighted by atomic mass is 35.5. The third-order valence-electron chi connectivity index (χ3n) is 2.66. The second-order valence-corrected chi connectivity index (χ2v) is 5.92. The number of nitrogens with zero attached hydrogens (tertiary/aromatic N) is 1. The molecule has 0 bridgehead atoms. The normalized spacial score (nSPS) is 15.1. The summed E-state index contributed by atoms with van der Waals surface area (Å²) in [5.74, 6) is 0.493. The van der Waals surface area contributed by atoms with E-state index in [0.29, 0.717) is 5.82 Å². The number of aromatic nitrogens is 2. The van der Waals surface area contributed by atoms with Crippen LogP contribution in [0.1, 0.15) is 12.8 Å². The van der Waals surface area contributed by atoms with Gasteiger partial charge in [-0.3, -0.25) is 5.10 Å². The Morgan fingerprint density at radius 2 is 2.18 bits per heavy atom. The predicted molar refractivity (Wildman–Crippen MR) is 72.3 cm³/mol. The minimum Gasteiger partial charge on any atom is -0.382 e. The standard InChI is InChI=1S/C12H12ClN3S/c13-9-5-7(10-6-12(14)16-15-10)1-4-11(9)17-8-2-3-8/h1,4-6,8H,2-3H2,(H3,14,15,16). The highest BCUT2D eigenvalue weighted by Crippen LogP contribution is 2.42. The molecule has 3 N–H and O–H groups in total. The van der Waals surface area contributed by atoms with Gasteiger partial charge in [0.25, 0.3) is 0 Å². The van der Waals surface area contributed by atoms with Crippen molar-refractivity contribution in [2.24, 2.45) is 0 Å². The summed E-state index contributed by atoms with van der Waals surface area (Å²) in [5, 5.41) is 8.35. The smallest absolute Gasteiger partial charge is 0.145 e. The summed E-state index contributed by atoms with van der Waals surface area (Å²) < 4.78 is 0. The third kappa shape index (κ3) is 2.42. The number of benzene rings is 1. The predicted octanol–water partition coefficient (Wildman–Crippen LogP) is 3.57. The van der Waals surface area contributed by atoms with Gasteiger partial charge in [0.15, 0.2) is 0 Å². The average molecular weight is 266 g/mol. The molecule has 17 heavy (non-hydrogen) atoms. The maximum atomic E-state index is 6.27. The van der Waals surface area contributed by atoms with Crippen LogP contribution >= 0.6 is 23.4 Å². The van der Waals surface area contributed by atoms with Gasteiger partial charge in [-0.2, -0.15) is 5.10 Å². The van der Waals surface area contributed by atoms with Crippen LogP contribution in [0.4, 0.5) is 5.82 Å². The van der Waals surface area contributed by atoms with Gasteiger partial charge in [-0.1, -0.05) is 17.7 Å². The van der Waals surface area contributed by atoms with Crippen molar-refractivity contribution < 1.29 is 0 Å². The van der Waals surface area contributed by atoms with E-state index in [1.54, 1.807) is 6.07 Å². The molecule has 0 radical (unpaired) electrons. The van der Waals surface area contributed by atoms with Crippen molar-refractivity contribution in [1.29, 1.82) is 0 Å². The molecule has 2 aromatic rings. The Balaban J connectivity index is 1.89. The van der Waals surface area contributed by atoms with Crippen molar-refractivity contribution in [3.05, 3.63) is 29.3 Å². The first-order valence-corrected chi connectivity index (χ1v) is 6.75. The van der Waals surface area contributed by atoms with E-state index in [-0.39, 0.29) is 0 Å². The van der Waals surface area contributed by atoms with Crippen molar-refractivity contribution in [3.63, 3.8) is 0 Å². The molecule has 88 valence electrons. The number of aromatic amines is 1.